The number of aliphatic hydroxyl groups is 2. The largest absolute Gasteiger partial charge is 0.396 e. The summed E-state index contributed by atoms with van der Waals surface area (Å²) in [6.07, 6.45) is 12.1. The molecule has 0 radical (unpaired) electrons. The average molecular weight is 465 g/mol. The van der Waals surface area contributed by atoms with Gasteiger partial charge in [-0.15, -0.1) is 11.8 Å². The van der Waals surface area contributed by atoms with Crippen LogP contribution in [0.2, 0.25) is 0 Å². The fraction of sp³-hybridized carbons (Fsp3) is 0.852. The third-order valence-electron chi connectivity index (χ3n) is 7.08. The minimum Gasteiger partial charge on any atom is -0.396 e. The van der Waals surface area contributed by atoms with Gasteiger partial charge in [0, 0.05) is 45.0 Å². The van der Waals surface area contributed by atoms with E-state index in [1.165, 1.54) is 0 Å². The Hall–Kier alpha value is -0.940. The molecular formula is C27H44O6. The van der Waals surface area contributed by atoms with E-state index in [2.05, 4.69) is 37.8 Å². The standard InChI is InChI=1S/C27H44O6/c1-3-4-5-10-20(2)24(32-26-11-6-8-17-30-26)14-13-22-21(15-16-28)23(29)19-25(22)33-27-12-7-9-18-31-27/h13-14,20-29H,3,6-12,15-19H2,1-2H3/b14-13+/t20-,21-,22+,23-,24?,25+,26?,27?/m0/s1. The predicted molar refractivity (Wildman–Crippen MR) is 127 cm³/mol. The van der Waals surface area contributed by atoms with Crippen molar-refractivity contribution >= 4 is 0 Å². The molecule has 2 N–H and O–H groups in total. The van der Waals surface area contributed by atoms with E-state index in [0.717, 1.165) is 64.6 Å². The maximum atomic E-state index is 10.7. The zero-order valence-corrected chi connectivity index (χ0v) is 20.5. The topological polar surface area (TPSA) is 77.4 Å². The van der Waals surface area contributed by atoms with E-state index in [1.807, 2.05) is 0 Å². The predicted octanol–water partition coefficient (Wildman–Crippen LogP) is 4.19. The summed E-state index contributed by atoms with van der Waals surface area (Å²) in [5, 5.41) is 20.3. The SMILES string of the molecule is CCC#CC[C@H](C)C(/C=C/[C@@H]1[C@H](CCO)[C@@H](O)C[C@H]1OC1CCCCO1)OC1CCCCO1. The molecule has 1 saturated carbocycles. The van der Waals surface area contributed by atoms with Gasteiger partial charge in [0.05, 0.1) is 18.3 Å². The molecular weight excluding hydrogens is 420 g/mol. The average Bonchev–Trinajstić information content (AvgIpc) is 3.12. The molecule has 3 fully saturated rings. The van der Waals surface area contributed by atoms with Crippen LogP contribution in [0.15, 0.2) is 12.2 Å². The summed E-state index contributed by atoms with van der Waals surface area (Å²) in [5.74, 6) is 6.60. The third-order valence-corrected chi connectivity index (χ3v) is 7.08. The molecule has 2 aliphatic heterocycles. The minimum absolute atomic E-state index is 0.00461. The van der Waals surface area contributed by atoms with Gasteiger partial charge in [-0.25, -0.2) is 0 Å². The number of hydrogen-bond acceptors (Lipinski definition) is 6. The van der Waals surface area contributed by atoms with Crippen molar-refractivity contribution in [2.75, 3.05) is 19.8 Å². The van der Waals surface area contributed by atoms with Crippen LogP contribution in [0.3, 0.4) is 0 Å². The van der Waals surface area contributed by atoms with Crippen molar-refractivity contribution in [3.05, 3.63) is 12.2 Å². The van der Waals surface area contributed by atoms with Crippen LogP contribution >= 0.6 is 0 Å². The normalized spacial score (nSPS) is 34.7. The van der Waals surface area contributed by atoms with Gasteiger partial charge in [-0.05, 0) is 56.8 Å². The van der Waals surface area contributed by atoms with E-state index in [9.17, 15) is 10.2 Å². The van der Waals surface area contributed by atoms with Gasteiger partial charge in [0.15, 0.2) is 12.6 Å². The Morgan fingerprint density at radius 3 is 2.42 bits per heavy atom. The molecule has 0 spiro atoms. The Morgan fingerprint density at radius 1 is 1.06 bits per heavy atom. The molecule has 0 aromatic carbocycles. The summed E-state index contributed by atoms with van der Waals surface area (Å²) >= 11 is 0. The van der Waals surface area contributed by atoms with Gasteiger partial charge >= 0.3 is 0 Å². The van der Waals surface area contributed by atoms with E-state index in [4.69, 9.17) is 18.9 Å². The zero-order valence-electron chi connectivity index (χ0n) is 20.5. The smallest absolute Gasteiger partial charge is 0.158 e. The Bertz CT molecular complexity index is 628. The first kappa shape index (κ1) is 26.7. The van der Waals surface area contributed by atoms with Crippen LogP contribution in [0.4, 0.5) is 0 Å². The molecule has 33 heavy (non-hydrogen) atoms. The van der Waals surface area contributed by atoms with Crippen molar-refractivity contribution < 1.29 is 29.2 Å². The van der Waals surface area contributed by atoms with Gasteiger partial charge in [0.2, 0.25) is 0 Å². The lowest BCUT2D eigenvalue weighted by atomic mass is 9.89. The highest BCUT2D eigenvalue weighted by atomic mass is 16.7. The first-order valence-electron chi connectivity index (χ1n) is 13.1. The molecule has 188 valence electrons. The minimum atomic E-state index is -0.491. The van der Waals surface area contributed by atoms with Crippen LogP contribution in [-0.4, -0.2) is 60.9 Å². The van der Waals surface area contributed by atoms with Crippen LogP contribution < -0.4 is 0 Å². The quantitative estimate of drug-likeness (QED) is 0.373. The Morgan fingerprint density at radius 2 is 1.79 bits per heavy atom. The molecule has 1 aliphatic carbocycles. The number of ether oxygens (including phenoxy) is 4. The maximum Gasteiger partial charge on any atom is 0.158 e. The Kier molecular flexibility index (Phi) is 11.7. The Labute approximate surface area is 200 Å². The highest BCUT2D eigenvalue weighted by Gasteiger charge is 2.43. The first-order chi connectivity index (χ1) is 16.1. The highest BCUT2D eigenvalue weighted by molar-refractivity contribution is 5.07. The zero-order chi connectivity index (χ0) is 23.5. The van der Waals surface area contributed by atoms with E-state index in [0.29, 0.717) is 12.8 Å². The monoisotopic (exact) mass is 464 g/mol. The Balaban J connectivity index is 1.72. The second-order valence-corrected chi connectivity index (χ2v) is 9.70. The molecule has 2 saturated heterocycles. The van der Waals surface area contributed by atoms with Crippen molar-refractivity contribution in [1.82, 2.24) is 0 Å². The summed E-state index contributed by atoms with van der Waals surface area (Å²) < 4.78 is 24.4. The van der Waals surface area contributed by atoms with E-state index in [-0.39, 0.29) is 49.1 Å². The molecule has 0 amide bonds. The molecule has 3 unspecified atom stereocenters. The van der Waals surface area contributed by atoms with Gasteiger partial charge in [0.1, 0.15) is 0 Å². The lowest BCUT2D eigenvalue weighted by Gasteiger charge is -2.31. The summed E-state index contributed by atoms with van der Waals surface area (Å²) in [5.41, 5.74) is 0. The van der Waals surface area contributed by atoms with E-state index < -0.39 is 6.10 Å². The second-order valence-electron chi connectivity index (χ2n) is 9.70. The molecule has 8 atom stereocenters. The molecule has 0 aromatic heterocycles. The molecule has 2 heterocycles. The van der Waals surface area contributed by atoms with Crippen LogP contribution in [0.1, 0.15) is 78.1 Å². The maximum absolute atomic E-state index is 10.7. The van der Waals surface area contributed by atoms with Gasteiger partial charge < -0.3 is 29.2 Å². The third kappa shape index (κ3) is 8.35. The molecule has 0 bridgehead atoms. The molecule has 6 nitrogen and oxygen atoms in total. The second kappa shape index (κ2) is 14.5. The van der Waals surface area contributed by atoms with E-state index in [1.54, 1.807) is 0 Å². The van der Waals surface area contributed by atoms with Crippen LogP contribution in [-0.2, 0) is 18.9 Å². The fourth-order valence-electron chi connectivity index (χ4n) is 5.14. The van der Waals surface area contributed by atoms with E-state index >= 15 is 0 Å². The van der Waals surface area contributed by atoms with Gasteiger partial charge in [0.25, 0.3) is 0 Å². The molecule has 6 heteroatoms. The van der Waals surface area contributed by atoms with Crippen molar-refractivity contribution in [2.24, 2.45) is 17.8 Å². The van der Waals surface area contributed by atoms with Crippen molar-refractivity contribution in [2.45, 2.75) is 109 Å². The molecule has 3 aliphatic rings. The fourth-order valence-corrected chi connectivity index (χ4v) is 5.14. The summed E-state index contributed by atoms with van der Waals surface area (Å²) in [6, 6.07) is 0. The lowest BCUT2D eigenvalue weighted by molar-refractivity contribution is -0.193. The van der Waals surface area contributed by atoms with Gasteiger partial charge in [-0.2, -0.15) is 0 Å². The van der Waals surface area contributed by atoms with Gasteiger partial charge in [-0.1, -0.05) is 26.0 Å². The van der Waals surface area contributed by atoms with Crippen molar-refractivity contribution in [3.8, 4) is 11.8 Å². The van der Waals surface area contributed by atoms with Crippen LogP contribution in [0.5, 0.6) is 0 Å². The first-order valence-corrected chi connectivity index (χ1v) is 13.1. The number of aliphatic hydroxyl groups excluding tert-OH is 2. The van der Waals surface area contributed by atoms with Crippen molar-refractivity contribution in [1.29, 1.82) is 0 Å². The summed E-state index contributed by atoms with van der Waals surface area (Å²) in [4.78, 5) is 0. The summed E-state index contributed by atoms with van der Waals surface area (Å²) in [6.45, 7) is 5.76. The molecule has 3 rings (SSSR count). The lowest BCUT2D eigenvalue weighted by Crippen LogP contribution is -2.32. The summed E-state index contributed by atoms with van der Waals surface area (Å²) in [7, 11) is 0. The van der Waals surface area contributed by atoms with Crippen LogP contribution in [0, 0.1) is 29.6 Å². The highest BCUT2D eigenvalue weighted by Crippen LogP contribution is 2.39. The van der Waals surface area contributed by atoms with Gasteiger partial charge in [-0.3, -0.25) is 0 Å². The van der Waals surface area contributed by atoms with Crippen molar-refractivity contribution in [3.63, 3.8) is 0 Å². The van der Waals surface area contributed by atoms with Crippen LogP contribution in [0.25, 0.3) is 0 Å². The number of rotatable bonds is 10. The number of hydrogen-bond donors (Lipinski definition) is 2. The molecule has 0 aromatic rings.